The zero-order valence-electron chi connectivity index (χ0n) is 9.94. The van der Waals surface area contributed by atoms with E-state index in [9.17, 15) is 9.59 Å². The smallest absolute Gasteiger partial charge is 0.334 e. The summed E-state index contributed by atoms with van der Waals surface area (Å²) in [6.07, 6.45) is -1.10. The van der Waals surface area contributed by atoms with Crippen molar-refractivity contribution in [1.29, 1.82) is 0 Å². The SMILES string of the molecule is COC(CNC(=O)Nc1ccc(Cl)c(Cl)c1)C(=O)O. The Balaban J connectivity index is 2.51. The fourth-order valence-corrected chi connectivity index (χ4v) is 1.50. The maximum Gasteiger partial charge on any atom is 0.334 e. The van der Waals surface area contributed by atoms with Crippen molar-refractivity contribution in [3.8, 4) is 0 Å². The molecule has 0 fully saturated rings. The van der Waals surface area contributed by atoms with Crippen LogP contribution in [-0.2, 0) is 9.53 Å². The second-order valence-electron chi connectivity index (χ2n) is 3.53. The van der Waals surface area contributed by atoms with Gasteiger partial charge in [-0.05, 0) is 18.2 Å². The molecule has 19 heavy (non-hydrogen) atoms. The molecule has 0 bridgehead atoms. The number of ether oxygens (including phenoxy) is 1. The van der Waals surface area contributed by atoms with Crippen LogP contribution in [0.4, 0.5) is 10.5 Å². The molecule has 3 N–H and O–H groups in total. The third kappa shape index (κ3) is 4.94. The fraction of sp³-hybridized carbons (Fsp3) is 0.273. The van der Waals surface area contributed by atoms with E-state index in [4.69, 9.17) is 28.3 Å². The molecule has 104 valence electrons. The Kier molecular flexibility index (Phi) is 5.88. The third-order valence-electron chi connectivity index (χ3n) is 2.19. The first-order chi connectivity index (χ1) is 8.93. The first-order valence-electron chi connectivity index (χ1n) is 5.19. The first kappa shape index (κ1) is 15.6. The first-order valence-corrected chi connectivity index (χ1v) is 5.95. The molecule has 0 saturated carbocycles. The Hall–Kier alpha value is -1.50. The average molecular weight is 307 g/mol. The number of halogens is 2. The molecule has 6 nitrogen and oxygen atoms in total. The Bertz CT molecular complexity index is 482. The van der Waals surface area contributed by atoms with E-state index in [1.54, 1.807) is 6.07 Å². The van der Waals surface area contributed by atoms with Crippen molar-refractivity contribution in [2.24, 2.45) is 0 Å². The number of hydrogen-bond acceptors (Lipinski definition) is 3. The summed E-state index contributed by atoms with van der Waals surface area (Å²) in [6.45, 7) is -0.154. The van der Waals surface area contributed by atoms with Crippen LogP contribution >= 0.6 is 23.2 Å². The molecule has 8 heteroatoms. The zero-order chi connectivity index (χ0) is 14.4. The molecule has 1 aromatic carbocycles. The number of rotatable bonds is 5. The highest BCUT2D eigenvalue weighted by Crippen LogP contribution is 2.24. The Labute approximate surface area is 119 Å². The molecular weight excluding hydrogens is 295 g/mol. The number of urea groups is 1. The van der Waals surface area contributed by atoms with Gasteiger partial charge in [-0.25, -0.2) is 9.59 Å². The minimum absolute atomic E-state index is 0.154. The molecule has 0 radical (unpaired) electrons. The van der Waals surface area contributed by atoms with Crippen LogP contribution in [0.2, 0.25) is 10.0 Å². The minimum Gasteiger partial charge on any atom is -0.479 e. The molecule has 0 aliphatic carbocycles. The summed E-state index contributed by atoms with van der Waals surface area (Å²) in [5.74, 6) is -1.16. The predicted molar refractivity (Wildman–Crippen MR) is 71.9 cm³/mol. The molecule has 0 saturated heterocycles. The number of hydrogen-bond donors (Lipinski definition) is 3. The van der Waals surface area contributed by atoms with Crippen molar-refractivity contribution >= 4 is 40.9 Å². The summed E-state index contributed by atoms with van der Waals surface area (Å²) in [7, 11) is 1.25. The quantitative estimate of drug-likeness (QED) is 0.778. The maximum atomic E-state index is 11.5. The summed E-state index contributed by atoms with van der Waals surface area (Å²) in [5.41, 5.74) is 0.441. The maximum absolute atomic E-state index is 11.5. The van der Waals surface area contributed by atoms with Crippen molar-refractivity contribution in [2.75, 3.05) is 19.0 Å². The van der Waals surface area contributed by atoms with Crippen LogP contribution in [0.3, 0.4) is 0 Å². The molecular formula is C11H12Cl2N2O4. The van der Waals surface area contributed by atoms with E-state index in [1.165, 1.54) is 19.2 Å². The highest BCUT2D eigenvalue weighted by Gasteiger charge is 2.17. The van der Waals surface area contributed by atoms with Crippen LogP contribution in [0.25, 0.3) is 0 Å². The number of carboxylic acid groups (broad SMARTS) is 1. The van der Waals surface area contributed by atoms with Gasteiger partial charge < -0.3 is 20.5 Å². The van der Waals surface area contributed by atoms with Crippen LogP contribution in [0.1, 0.15) is 0 Å². The Morgan fingerprint density at radius 1 is 1.37 bits per heavy atom. The molecule has 0 heterocycles. The molecule has 1 unspecified atom stereocenters. The standard InChI is InChI=1S/C11H12Cl2N2O4/c1-19-9(10(16)17)5-14-11(18)15-6-2-3-7(12)8(13)4-6/h2-4,9H,5H2,1H3,(H,16,17)(H2,14,15,18). The molecule has 1 aromatic rings. The second kappa shape index (κ2) is 7.18. The zero-order valence-corrected chi connectivity index (χ0v) is 11.5. The van der Waals surface area contributed by atoms with Crippen LogP contribution < -0.4 is 10.6 Å². The van der Waals surface area contributed by atoms with Gasteiger partial charge in [-0.1, -0.05) is 23.2 Å². The molecule has 2 amide bonds. The largest absolute Gasteiger partial charge is 0.479 e. The van der Waals surface area contributed by atoms with Gasteiger partial charge in [0.2, 0.25) is 0 Å². The van der Waals surface area contributed by atoms with Gasteiger partial charge in [-0.15, -0.1) is 0 Å². The highest BCUT2D eigenvalue weighted by molar-refractivity contribution is 6.42. The summed E-state index contributed by atoms with van der Waals surface area (Å²) < 4.78 is 4.67. The topological polar surface area (TPSA) is 87.7 Å². The lowest BCUT2D eigenvalue weighted by molar-refractivity contribution is -0.147. The van der Waals surface area contributed by atoms with E-state index >= 15 is 0 Å². The van der Waals surface area contributed by atoms with Crippen molar-refractivity contribution in [2.45, 2.75) is 6.10 Å². The molecule has 1 rings (SSSR count). The molecule has 0 spiro atoms. The summed E-state index contributed by atoms with van der Waals surface area (Å²) in [6, 6.07) is 4.02. The normalized spacial score (nSPS) is 11.7. The van der Waals surface area contributed by atoms with E-state index < -0.39 is 18.1 Å². The number of benzene rings is 1. The van der Waals surface area contributed by atoms with E-state index in [1.807, 2.05) is 0 Å². The number of nitrogens with one attached hydrogen (secondary N) is 2. The summed E-state index contributed by atoms with van der Waals surface area (Å²) in [5, 5.41) is 14.2. The van der Waals surface area contributed by atoms with Crippen molar-refractivity contribution in [3.63, 3.8) is 0 Å². The van der Waals surface area contributed by atoms with Crippen LogP contribution in [-0.4, -0.2) is 36.9 Å². The number of carbonyl (C=O) groups excluding carboxylic acids is 1. The van der Waals surface area contributed by atoms with Gasteiger partial charge in [0.25, 0.3) is 0 Å². The number of anilines is 1. The van der Waals surface area contributed by atoms with Crippen LogP contribution in [0, 0.1) is 0 Å². The number of amides is 2. The lowest BCUT2D eigenvalue weighted by atomic mass is 10.3. The van der Waals surface area contributed by atoms with Crippen molar-refractivity contribution in [1.82, 2.24) is 5.32 Å². The fourth-order valence-electron chi connectivity index (χ4n) is 1.21. The minimum atomic E-state index is -1.16. The molecule has 0 aromatic heterocycles. The van der Waals surface area contributed by atoms with E-state index in [2.05, 4.69) is 15.4 Å². The van der Waals surface area contributed by atoms with Crippen molar-refractivity contribution in [3.05, 3.63) is 28.2 Å². The van der Waals surface area contributed by atoms with Gasteiger partial charge >= 0.3 is 12.0 Å². The molecule has 0 aliphatic heterocycles. The van der Waals surface area contributed by atoms with Gasteiger partial charge in [0.15, 0.2) is 6.10 Å². The molecule has 1 atom stereocenters. The Morgan fingerprint density at radius 3 is 2.58 bits per heavy atom. The van der Waals surface area contributed by atoms with Crippen LogP contribution in [0.5, 0.6) is 0 Å². The van der Waals surface area contributed by atoms with Gasteiger partial charge in [-0.3, -0.25) is 0 Å². The molecule has 0 aliphatic rings. The average Bonchev–Trinajstić information content (AvgIpc) is 2.34. The van der Waals surface area contributed by atoms with Gasteiger partial charge in [-0.2, -0.15) is 0 Å². The highest BCUT2D eigenvalue weighted by atomic mass is 35.5. The summed E-state index contributed by atoms with van der Waals surface area (Å²) in [4.78, 5) is 22.2. The number of carbonyl (C=O) groups is 2. The van der Waals surface area contributed by atoms with Gasteiger partial charge in [0.1, 0.15) is 0 Å². The lowest BCUT2D eigenvalue weighted by Crippen LogP contribution is -2.39. The number of methoxy groups -OCH3 is 1. The number of carboxylic acids is 1. The lowest BCUT2D eigenvalue weighted by Gasteiger charge is -2.12. The summed E-state index contributed by atoms with van der Waals surface area (Å²) >= 11 is 11.5. The van der Waals surface area contributed by atoms with E-state index in [0.717, 1.165) is 0 Å². The monoisotopic (exact) mass is 306 g/mol. The van der Waals surface area contributed by atoms with Gasteiger partial charge in [0, 0.05) is 12.8 Å². The predicted octanol–water partition coefficient (Wildman–Crippen LogP) is 2.21. The third-order valence-corrected chi connectivity index (χ3v) is 2.92. The van der Waals surface area contributed by atoms with Crippen molar-refractivity contribution < 1.29 is 19.4 Å². The Morgan fingerprint density at radius 2 is 2.05 bits per heavy atom. The van der Waals surface area contributed by atoms with E-state index in [0.29, 0.717) is 15.7 Å². The second-order valence-corrected chi connectivity index (χ2v) is 4.34. The number of aliphatic carboxylic acids is 1. The van der Waals surface area contributed by atoms with E-state index in [-0.39, 0.29) is 6.54 Å². The van der Waals surface area contributed by atoms with Gasteiger partial charge in [0.05, 0.1) is 16.6 Å². The van der Waals surface area contributed by atoms with Crippen LogP contribution in [0.15, 0.2) is 18.2 Å².